The maximum Gasteiger partial charge on any atom is 0.134 e. The summed E-state index contributed by atoms with van der Waals surface area (Å²) in [6, 6.07) is 8.45. The fourth-order valence-corrected chi connectivity index (χ4v) is 3.08. The van der Waals surface area contributed by atoms with Crippen LogP contribution in [0.4, 0.5) is 10.2 Å². The second-order valence-electron chi connectivity index (χ2n) is 5.72. The van der Waals surface area contributed by atoms with Crippen molar-refractivity contribution in [1.82, 2.24) is 14.9 Å². The van der Waals surface area contributed by atoms with Crippen molar-refractivity contribution in [2.24, 2.45) is 0 Å². The van der Waals surface area contributed by atoms with Crippen LogP contribution < -0.4 is 5.32 Å². The van der Waals surface area contributed by atoms with Gasteiger partial charge in [0.2, 0.25) is 0 Å². The average Bonchev–Trinajstić information content (AvgIpc) is 2.57. The SMILES string of the molecule is Cc1nc(Cl)cc(NC[C@H](c2ccc(F)cc2)N2CCOCC2)n1. The summed E-state index contributed by atoms with van der Waals surface area (Å²) in [7, 11) is 0. The van der Waals surface area contributed by atoms with E-state index in [0.717, 1.165) is 18.7 Å². The second kappa shape index (κ2) is 7.88. The Balaban J connectivity index is 1.77. The minimum absolute atomic E-state index is 0.101. The monoisotopic (exact) mass is 350 g/mol. The molecule has 128 valence electrons. The zero-order valence-corrected chi connectivity index (χ0v) is 14.3. The maximum atomic E-state index is 13.3. The maximum absolute atomic E-state index is 13.3. The summed E-state index contributed by atoms with van der Waals surface area (Å²) < 4.78 is 18.7. The van der Waals surface area contributed by atoms with Crippen molar-refractivity contribution >= 4 is 17.4 Å². The number of ether oxygens (including phenoxy) is 1. The topological polar surface area (TPSA) is 50.3 Å². The number of nitrogens with zero attached hydrogens (tertiary/aromatic N) is 3. The predicted molar refractivity (Wildman–Crippen MR) is 91.8 cm³/mol. The fraction of sp³-hybridized carbons (Fsp3) is 0.412. The molecule has 0 amide bonds. The Hall–Kier alpha value is -1.76. The Morgan fingerprint density at radius 1 is 1.25 bits per heavy atom. The molecular formula is C17H20ClFN4O. The number of benzene rings is 1. The molecule has 3 rings (SSSR count). The van der Waals surface area contributed by atoms with E-state index in [1.807, 2.05) is 12.1 Å². The van der Waals surface area contributed by atoms with E-state index in [2.05, 4.69) is 20.2 Å². The summed E-state index contributed by atoms with van der Waals surface area (Å²) in [4.78, 5) is 10.7. The number of nitrogens with one attached hydrogen (secondary N) is 1. The first-order valence-corrected chi connectivity index (χ1v) is 8.32. The number of halogens is 2. The lowest BCUT2D eigenvalue weighted by molar-refractivity contribution is 0.0187. The van der Waals surface area contributed by atoms with E-state index in [1.165, 1.54) is 12.1 Å². The van der Waals surface area contributed by atoms with Crippen LogP contribution in [-0.4, -0.2) is 47.7 Å². The van der Waals surface area contributed by atoms with Crippen molar-refractivity contribution in [3.8, 4) is 0 Å². The molecule has 1 N–H and O–H groups in total. The summed E-state index contributed by atoms with van der Waals surface area (Å²) in [6.07, 6.45) is 0. The highest BCUT2D eigenvalue weighted by Gasteiger charge is 2.22. The molecule has 1 atom stereocenters. The summed E-state index contributed by atoms with van der Waals surface area (Å²) in [5.41, 5.74) is 1.06. The molecule has 1 saturated heterocycles. The number of rotatable bonds is 5. The van der Waals surface area contributed by atoms with Gasteiger partial charge in [-0.2, -0.15) is 0 Å². The Morgan fingerprint density at radius 2 is 1.96 bits per heavy atom. The van der Waals surface area contributed by atoms with E-state index >= 15 is 0 Å². The van der Waals surface area contributed by atoms with Crippen LogP contribution in [0, 0.1) is 12.7 Å². The van der Waals surface area contributed by atoms with Gasteiger partial charge >= 0.3 is 0 Å². The van der Waals surface area contributed by atoms with Gasteiger partial charge in [0.1, 0.15) is 22.6 Å². The third kappa shape index (κ3) is 4.41. The molecule has 5 nitrogen and oxygen atoms in total. The lowest BCUT2D eigenvalue weighted by atomic mass is 10.0. The van der Waals surface area contributed by atoms with Crippen molar-refractivity contribution in [3.63, 3.8) is 0 Å². The van der Waals surface area contributed by atoms with Crippen LogP contribution in [-0.2, 0) is 4.74 Å². The lowest BCUT2D eigenvalue weighted by Crippen LogP contribution is -2.41. The van der Waals surface area contributed by atoms with Gasteiger partial charge in [0.25, 0.3) is 0 Å². The lowest BCUT2D eigenvalue weighted by Gasteiger charge is -2.35. The Kier molecular flexibility index (Phi) is 5.60. The molecule has 1 aliphatic heterocycles. The highest BCUT2D eigenvalue weighted by molar-refractivity contribution is 6.29. The van der Waals surface area contributed by atoms with Gasteiger partial charge in [0, 0.05) is 25.7 Å². The molecule has 2 heterocycles. The van der Waals surface area contributed by atoms with Gasteiger partial charge < -0.3 is 10.1 Å². The molecule has 0 radical (unpaired) electrons. The van der Waals surface area contributed by atoms with Crippen LogP contribution in [0.25, 0.3) is 0 Å². The van der Waals surface area contributed by atoms with Crippen LogP contribution in [0.5, 0.6) is 0 Å². The van der Waals surface area contributed by atoms with E-state index in [9.17, 15) is 4.39 Å². The van der Waals surface area contributed by atoms with Crippen LogP contribution in [0.2, 0.25) is 5.15 Å². The standard InChI is InChI=1S/C17H20ClFN4O/c1-12-21-16(18)10-17(22-12)20-11-15(23-6-8-24-9-7-23)13-2-4-14(19)5-3-13/h2-5,10,15H,6-9,11H2,1H3,(H,20,21,22)/t15-/m1/s1. The van der Waals surface area contributed by atoms with Gasteiger partial charge in [0.15, 0.2) is 0 Å². The molecule has 1 aromatic heterocycles. The first-order valence-electron chi connectivity index (χ1n) is 7.94. The fourth-order valence-electron chi connectivity index (χ4n) is 2.85. The minimum Gasteiger partial charge on any atom is -0.379 e. The molecule has 1 aliphatic rings. The zero-order valence-electron chi connectivity index (χ0n) is 13.5. The van der Waals surface area contributed by atoms with Crippen molar-refractivity contribution in [1.29, 1.82) is 0 Å². The van der Waals surface area contributed by atoms with Gasteiger partial charge in [-0.1, -0.05) is 23.7 Å². The molecule has 0 saturated carbocycles. The quantitative estimate of drug-likeness (QED) is 0.840. The van der Waals surface area contributed by atoms with Crippen molar-refractivity contribution < 1.29 is 9.13 Å². The first-order chi connectivity index (χ1) is 11.6. The smallest absolute Gasteiger partial charge is 0.134 e. The number of hydrogen-bond acceptors (Lipinski definition) is 5. The summed E-state index contributed by atoms with van der Waals surface area (Å²) >= 11 is 5.99. The Labute approximate surface area is 145 Å². The van der Waals surface area contributed by atoms with Crippen LogP contribution in [0.15, 0.2) is 30.3 Å². The highest BCUT2D eigenvalue weighted by atomic mass is 35.5. The molecule has 0 unspecified atom stereocenters. The van der Waals surface area contributed by atoms with Gasteiger partial charge in [-0.05, 0) is 24.6 Å². The molecule has 24 heavy (non-hydrogen) atoms. The molecule has 1 aromatic carbocycles. The summed E-state index contributed by atoms with van der Waals surface area (Å²) in [6.45, 7) is 5.53. The molecule has 0 bridgehead atoms. The largest absolute Gasteiger partial charge is 0.379 e. The molecule has 7 heteroatoms. The van der Waals surface area contributed by atoms with E-state index in [4.69, 9.17) is 16.3 Å². The number of aryl methyl sites for hydroxylation is 1. The van der Waals surface area contributed by atoms with Crippen molar-refractivity contribution in [2.75, 3.05) is 38.2 Å². The Bertz CT molecular complexity index is 657. The van der Waals surface area contributed by atoms with Crippen molar-refractivity contribution in [2.45, 2.75) is 13.0 Å². The minimum atomic E-state index is -0.231. The van der Waals surface area contributed by atoms with Crippen LogP contribution in [0.3, 0.4) is 0 Å². The molecular weight excluding hydrogens is 331 g/mol. The molecule has 0 aliphatic carbocycles. The normalized spacial score (nSPS) is 16.8. The zero-order chi connectivity index (χ0) is 16.9. The summed E-state index contributed by atoms with van der Waals surface area (Å²) in [5, 5.41) is 3.74. The molecule has 0 spiro atoms. The first kappa shape index (κ1) is 17.1. The molecule has 1 fully saturated rings. The van der Waals surface area contributed by atoms with E-state index in [-0.39, 0.29) is 11.9 Å². The van der Waals surface area contributed by atoms with Gasteiger partial charge in [-0.15, -0.1) is 0 Å². The third-order valence-electron chi connectivity index (χ3n) is 4.02. The van der Waals surface area contributed by atoms with Crippen LogP contribution in [0.1, 0.15) is 17.4 Å². The average molecular weight is 351 g/mol. The number of aromatic nitrogens is 2. The number of anilines is 1. The van der Waals surface area contributed by atoms with Crippen LogP contribution >= 0.6 is 11.6 Å². The number of hydrogen-bond donors (Lipinski definition) is 1. The van der Waals surface area contributed by atoms with E-state index in [1.54, 1.807) is 13.0 Å². The number of morpholine rings is 1. The second-order valence-corrected chi connectivity index (χ2v) is 6.11. The van der Waals surface area contributed by atoms with Gasteiger partial charge in [-0.3, -0.25) is 4.90 Å². The summed E-state index contributed by atoms with van der Waals surface area (Å²) in [5.74, 6) is 1.08. The Morgan fingerprint density at radius 3 is 2.62 bits per heavy atom. The van der Waals surface area contributed by atoms with E-state index < -0.39 is 0 Å². The molecule has 2 aromatic rings. The third-order valence-corrected chi connectivity index (χ3v) is 4.22. The van der Waals surface area contributed by atoms with E-state index in [0.29, 0.717) is 36.6 Å². The van der Waals surface area contributed by atoms with Gasteiger partial charge in [-0.25, -0.2) is 14.4 Å². The predicted octanol–water partition coefficient (Wildman–Crippen LogP) is 3.06. The highest BCUT2D eigenvalue weighted by Crippen LogP contribution is 2.23. The van der Waals surface area contributed by atoms with Gasteiger partial charge in [0.05, 0.1) is 19.3 Å². The van der Waals surface area contributed by atoms with Crippen molar-refractivity contribution in [3.05, 3.63) is 52.7 Å².